The van der Waals surface area contributed by atoms with Gasteiger partial charge in [-0.1, -0.05) is 18.3 Å². The Hall–Kier alpha value is 0.220. The summed E-state index contributed by atoms with van der Waals surface area (Å²) in [5, 5.41) is 0. The highest BCUT2D eigenvalue weighted by Gasteiger charge is 1.78. The van der Waals surface area contributed by atoms with Gasteiger partial charge in [-0.05, 0) is 12.1 Å². The maximum atomic E-state index is 4.92. The molecule has 1 atom stereocenters. The van der Waals surface area contributed by atoms with E-state index < -0.39 is 0 Å². The Kier molecular flexibility index (Phi) is 2.12. The first-order valence-corrected chi connectivity index (χ1v) is 4.03. The van der Waals surface area contributed by atoms with Gasteiger partial charge in [0.2, 0.25) is 0 Å². The van der Waals surface area contributed by atoms with Gasteiger partial charge in [0.05, 0.1) is 4.24 Å². The summed E-state index contributed by atoms with van der Waals surface area (Å²) in [7, 11) is 0.619. The van der Waals surface area contributed by atoms with E-state index >= 15 is 0 Å². The van der Waals surface area contributed by atoms with Gasteiger partial charge in [0.1, 0.15) is 0 Å². The van der Waals surface area contributed by atoms with Gasteiger partial charge in [0, 0.05) is 4.63 Å². The molecule has 0 bridgehead atoms. The number of hydrogen-bond acceptors (Lipinski definition) is 2. The van der Waals surface area contributed by atoms with Crippen molar-refractivity contribution in [2.75, 3.05) is 0 Å². The van der Waals surface area contributed by atoms with Crippen LogP contribution in [0.2, 0.25) is 0 Å². The van der Waals surface area contributed by atoms with E-state index in [1.165, 1.54) is 0 Å². The number of hydrogen-bond donors (Lipinski definition) is 1. The Morgan fingerprint density at radius 3 is 2.62 bits per heavy atom. The monoisotopic (exact) mass is 160 g/mol. The van der Waals surface area contributed by atoms with Gasteiger partial charge < -0.3 is 0 Å². The summed E-state index contributed by atoms with van der Waals surface area (Å²) in [4.78, 5) is 0. The molecule has 0 fully saturated rings. The van der Waals surface area contributed by atoms with E-state index in [1.807, 2.05) is 18.2 Å². The summed E-state index contributed by atoms with van der Waals surface area (Å²) in [6, 6.07) is 5.84. The Bertz CT molecular complexity index is 228. The number of thiol groups is 1. The maximum Gasteiger partial charge on any atom is 0.0548 e. The molecule has 0 aliphatic heterocycles. The van der Waals surface area contributed by atoms with Crippen LogP contribution in [0.1, 0.15) is 0 Å². The second kappa shape index (κ2) is 2.67. The molecule has 0 aromatic carbocycles. The van der Waals surface area contributed by atoms with Crippen LogP contribution in [0.4, 0.5) is 0 Å². The van der Waals surface area contributed by atoms with Crippen LogP contribution in [-0.2, 0) is 0 Å². The van der Waals surface area contributed by atoms with Crippen LogP contribution in [-0.4, -0.2) is 0 Å². The molecule has 1 rings (SSSR count). The second-order valence-electron chi connectivity index (χ2n) is 1.40. The molecule has 42 valence electrons. The highest BCUT2D eigenvalue weighted by molar-refractivity contribution is 7.84. The van der Waals surface area contributed by atoms with Crippen molar-refractivity contribution < 1.29 is 0 Å². The van der Waals surface area contributed by atoms with Gasteiger partial charge in [-0.15, -0.1) is 20.8 Å². The van der Waals surface area contributed by atoms with Gasteiger partial charge in [0.15, 0.2) is 0 Å². The van der Waals surface area contributed by atoms with Crippen molar-refractivity contribution in [1.29, 1.82) is 0 Å². The first-order chi connectivity index (χ1) is 3.79. The first kappa shape index (κ1) is 6.34. The summed E-state index contributed by atoms with van der Waals surface area (Å²) >= 11 is 9.07. The molecule has 0 amide bonds. The molecule has 8 heavy (non-hydrogen) atoms. The van der Waals surface area contributed by atoms with Gasteiger partial charge in [-0.25, -0.2) is 0 Å². The highest BCUT2D eigenvalue weighted by atomic mass is 32.1. The molecule has 0 aliphatic carbocycles. The van der Waals surface area contributed by atoms with Crippen LogP contribution in [0.5, 0.6) is 0 Å². The summed E-state index contributed by atoms with van der Waals surface area (Å²) in [5.74, 6) is 0. The normalized spacial score (nSPS) is 10.1. The smallest absolute Gasteiger partial charge is 0.0548 e. The van der Waals surface area contributed by atoms with Gasteiger partial charge in [-0.3, -0.25) is 0 Å². The minimum atomic E-state index is 0.619. The Balaban J connectivity index is 3.28. The molecule has 0 aliphatic rings. The van der Waals surface area contributed by atoms with Crippen LogP contribution in [0.25, 0.3) is 0 Å². The summed E-state index contributed by atoms with van der Waals surface area (Å²) in [6.07, 6.45) is 0. The molecule has 3 heteroatoms. The second-order valence-corrected chi connectivity index (χ2v) is 4.43. The average Bonchev–Trinajstić information content (AvgIpc) is 1.64. The van der Waals surface area contributed by atoms with Crippen LogP contribution in [0.3, 0.4) is 0 Å². The van der Waals surface area contributed by atoms with Crippen LogP contribution in [0.15, 0.2) is 22.8 Å². The lowest BCUT2D eigenvalue weighted by Gasteiger charge is -1.83. The minimum Gasteiger partial charge on any atom is -0.139 e. The summed E-state index contributed by atoms with van der Waals surface area (Å²) in [6.45, 7) is 0. The van der Waals surface area contributed by atoms with Crippen molar-refractivity contribution in [1.82, 2.24) is 0 Å². The Morgan fingerprint density at radius 2 is 2.25 bits per heavy atom. The minimum absolute atomic E-state index is 0.619. The van der Waals surface area contributed by atoms with E-state index in [2.05, 4.69) is 12.6 Å². The van der Waals surface area contributed by atoms with Crippen molar-refractivity contribution in [3.05, 3.63) is 22.4 Å². The Labute approximate surface area is 60.4 Å². The van der Waals surface area contributed by atoms with E-state index in [9.17, 15) is 0 Å². The fourth-order valence-corrected chi connectivity index (χ4v) is 2.13. The van der Waals surface area contributed by atoms with Crippen molar-refractivity contribution in [3.63, 3.8) is 0 Å². The third-order valence-corrected chi connectivity index (χ3v) is 2.52. The lowest BCUT2D eigenvalue weighted by atomic mass is 10.6. The largest absolute Gasteiger partial charge is 0.139 e. The molecule has 1 aromatic heterocycles. The average molecular weight is 160 g/mol. The predicted octanol–water partition coefficient (Wildman–Crippen LogP) is 2.74. The summed E-state index contributed by atoms with van der Waals surface area (Å²) < 4.78 is 2.08. The Morgan fingerprint density at radius 1 is 1.50 bits per heavy atom. The van der Waals surface area contributed by atoms with Crippen molar-refractivity contribution in [3.8, 4) is 0 Å². The molecule has 0 N–H and O–H groups in total. The summed E-state index contributed by atoms with van der Waals surface area (Å²) in [5.41, 5.74) is 0. The maximum absolute atomic E-state index is 4.92. The standard InChI is InChI=1S/C5H5PS2/c7-4-2-1-3-5(8)6-4/h1-3,6-7H. The van der Waals surface area contributed by atoms with E-state index in [4.69, 9.17) is 12.2 Å². The zero-order chi connectivity index (χ0) is 5.98. The molecule has 0 saturated carbocycles. The topological polar surface area (TPSA) is 0 Å². The van der Waals surface area contributed by atoms with E-state index in [1.54, 1.807) is 0 Å². The quantitative estimate of drug-likeness (QED) is 0.449. The third kappa shape index (κ3) is 1.62. The highest BCUT2D eigenvalue weighted by Crippen LogP contribution is 2.18. The molecular formula is C5H5PS2. The fraction of sp³-hybridized carbons (Fsp3) is 0. The molecule has 1 heterocycles. The molecular weight excluding hydrogens is 155 g/mol. The lowest BCUT2D eigenvalue weighted by molar-refractivity contribution is 1.68. The SMILES string of the molecule is S=c1cccc(S)[pH]1. The first-order valence-electron chi connectivity index (χ1n) is 2.17. The molecule has 1 unspecified atom stereocenters. The van der Waals surface area contributed by atoms with Gasteiger partial charge in [-0.2, -0.15) is 0 Å². The van der Waals surface area contributed by atoms with E-state index in [0.29, 0.717) is 8.19 Å². The molecule has 0 radical (unpaired) electrons. The third-order valence-electron chi connectivity index (χ3n) is 0.753. The van der Waals surface area contributed by atoms with Crippen molar-refractivity contribution in [2.45, 2.75) is 4.63 Å². The van der Waals surface area contributed by atoms with E-state index in [-0.39, 0.29) is 0 Å². The van der Waals surface area contributed by atoms with Crippen LogP contribution in [0, 0.1) is 4.24 Å². The molecule has 0 spiro atoms. The molecule has 1 aromatic rings. The van der Waals surface area contributed by atoms with Gasteiger partial charge >= 0.3 is 0 Å². The molecule has 0 nitrogen and oxygen atoms in total. The predicted molar refractivity (Wildman–Crippen MR) is 44.0 cm³/mol. The lowest BCUT2D eigenvalue weighted by Crippen LogP contribution is -1.52. The van der Waals surface area contributed by atoms with Crippen molar-refractivity contribution in [2.24, 2.45) is 0 Å². The van der Waals surface area contributed by atoms with E-state index in [0.717, 1.165) is 8.87 Å². The van der Waals surface area contributed by atoms with Crippen molar-refractivity contribution >= 4 is 33.0 Å². The van der Waals surface area contributed by atoms with Gasteiger partial charge in [0.25, 0.3) is 0 Å². The van der Waals surface area contributed by atoms with Crippen LogP contribution >= 0.6 is 33.0 Å². The fourth-order valence-electron chi connectivity index (χ4n) is 0.436. The number of rotatable bonds is 0. The molecule has 0 saturated heterocycles. The zero-order valence-corrected chi connectivity index (χ0v) is 6.80. The van der Waals surface area contributed by atoms with Crippen LogP contribution < -0.4 is 0 Å². The zero-order valence-electron chi connectivity index (χ0n) is 4.09.